The summed E-state index contributed by atoms with van der Waals surface area (Å²) in [5.41, 5.74) is 4.35. The van der Waals surface area contributed by atoms with Gasteiger partial charge in [-0.1, -0.05) is 78.9 Å². The molecule has 3 aromatic carbocycles. The molecule has 1 saturated heterocycles. The van der Waals surface area contributed by atoms with Crippen molar-refractivity contribution in [2.24, 2.45) is 0 Å². The van der Waals surface area contributed by atoms with Crippen molar-refractivity contribution in [3.8, 4) is 11.1 Å². The summed E-state index contributed by atoms with van der Waals surface area (Å²) in [7, 11) is 0. The van der Waals surface area contributed by atoms with Crippen LogP contribution in [0.2, 0.25) is 0 Å². The first-order chi connectivity index (χ1) is 20.4. The Morgan fingerprint density at radius 3 is 2.26 bits per heavy atom. The molecule has 0 aromatic heterocycles. The maximum Gasteiger partial charge on any atom is 0.408 e. The zero-order valence-corrected chi connectivity index (χ0v) is 23.8. The lowest BCUT2D eigenvalue weighted by Gasteiger charge is -2.30. The maximum atomic E-state index is 13.7. The summed E-state index contributed by atoms with van der Waals surface area (Å²) in [5, 5.41) is 15.0. The molecule has 2 aliphatic rings. The van der Waals surface area contributed by atoms with Crippen molar-refractivity contribution >= 4 is 18.0 Å². The first kappa shape index (κ1) is 29.3. The Hall–Kier alpha value is -4.21. The van der Waals surface area contributed by atoms with Gasteiger partial charge in [-0.2, -0.15) is 0 Å². The Kier molecular flexibility index (Phi) is 9.19. The van der Waals surface area contributed by atoms with E-state index < -0.39 is 23.7 Å². The number of amides is 2. The standard InChI is InChI=1S/C33H37N3O6/c1-2-41-24(18-30(37)38)19-34-31(39)33(16-17-36(22-33)20-23-10-4-3-5-11-23)35-32(40)42-21-29-27-14-8-6-12-25(27)26-13-7-9-15-28(26)29/h3-15,24,29H,2,16-22H2,1H3,(H,34,39)(H,35,40)(H,37,38). The van der Waals surface area contributed by atoms with Crippen LogP contribution in [-0.4, -0.2) is 72.5 Å². The Morgan fingerprint density at radius 1 is 0.976 bits per heavy atom. The lowest BCUT2D eigenvalue weighted by molar-refractivity contribution is -0.140. The first-order valence-corrected chi connectivity index (χ1v) is 14.4. The minimum absolute atomic E-state index is 0.0196. The predicted molar refractivity (Wildman–Crippen MR) is 158 cm³/mol. The highest BCUT2D eigenvalue weighted by molar-refractivity contribution is 5.91. The van der Waals surface area contributed by atoms with Gasteiger partial charge >= 0.3 is 12.1 Å². The third-order valence-corrected chi connectivity index (χ3v) is 8.01. The van der Waals surface area contributed by atoms with Crippen molar-refractivity contribution in [2.75, 3.05) is 32.8 Å². The fourth-order valence-corrected chi connectivity index (χ4v) is 6.04. The lowest BCUT2D eigenvalue weighted by Crippen LogP contribution is -2.61. The Labute approximate surface area is 245 Å². The molecule has 220 valence electrons. The second-order valence-electron chi connectivity index (χ2n) is 10.9. The van der Waals surface area contributed by atoms with Crippen LogP contribution in [0.3, 0.4) is 0 Å². The van der Waals surface area contributed by atoms with Gasteiger partial charge in [-0.25, -0.2) is 4.79 Å². The van der Waals surface area contributed by atoms with Crippen LogP contribution in [0.25, 0.3) is 11.1 Å². The Balaban J connectivity index is 1.29. The number of aliphatic carboxylic acids is 1. The quantitative estimate of drug-likeness (QED) is 0.299. The molecule has 1 heterocycles. The number of carboxylic acid groups (broad SMARTS) is 1. The van der Waals surface area contributed by atoms with Gasteiger partial charge in [0.05, 0.1) is 12.5 Å². The van der Waals surface area contributed by atoms with Gasteiger partial charge < -0.3 is 25.2 Å². The molecule has 5 rings (SSSR count). The largest absolute Gasteiger partial charge is 0.481 e. The van der Waals surface area contributed by atoms with Crippen molar-refractivity contribution in [2.45, 2.75) is 43.9 Å². The SMILES string of the molecule is CCOC(CNC(=O)C1(NC(=O)OCC2c3ccccc3-c3ccccc32)CCN(Cc2ccccc2)C1)CC(=O)O. The first-order valence-electron chi connectivity index (χ1n) is 14.4. The van der Waals surface area contributed by atoms with Gasteiger partial charge in [-0.15, -0.1) is 0 Å². The summed E-state index contributed by atoms with van der Waals surface area (Å²) in [5.74, 6) is -1.50. The van der Waals surface area contributed by atoms with Gasteiger partial charge in [0.1, 0.15) is 12.1 Å². The summed E-state index contributed by atoms with van der Waals surface area (Å²) in [6.07, 6.45) is -1.19. The topological polar surface area (TPSA) is 117 Å². The number of carboxylic acids is 1. The van der Waals surface area contributed by atoms with E-state index >= 15 is 0 Å². The highest BCUT2D eigenvalue weighted by Gasteiger charge is 2.46. The highest BCUT2D eigenvalue weighted by Crippen LogP contribution is 2.44. The van der Waals surface area contributed by atoms with E-state index in [2.05, 4.69) is 39.8 Å². The number of hydrogen-bond donors (Lipinski definition) is 3. The number of carbonyl (C=O) groups is 3. The summed E-state index contributed by atoms with van der Waals surface area (Å²) in [6.45, 7) is 3.76. The molecule has 2 amide bonds. The molecule has 2 atom stereocenters. The fraction of sp³-hybridized carbons (Fsp3) is 0.364. The van der Waals surface area contributed by atoms with Crippen molar-refractivity contribution < 1.29 is 29.0 Å². The molecule has 1 aliphatic heterocycles. The normalized spacial score (nSPS) is 18.6. The van der Waals surface area contributed by atoms with Crippen molar-refractivity contribution in [3.63, 3.8) is 0 Å². The number of likely N-dealkylation sites (tertiary alicyclic amines) is 1. The Bertz CT molecular complexity index is 1370. The average Bonchev–Trinajstić information content (AvgIpc) is 3.54. The average molecular weight is 572 g/mol. The van der Waals surface area contributed by atoms with Gasteiger partial charge in [0, 0.05) is 38.7 Å². The third kappa shape index (κ3) is 6.64. The molecular formula is C33H37N3O6. The molecule has 0 radical (unpaired) electrons. The second kappa shape index (κ2) is 13.2. The number of nitrogens with one attached hydrogen (secondary N) is 2. The molecule has 9 nitrogen and oxygen atoms in total. The Morgan fingerprint density at radius 2 is 1.62 bits per heavy atom. The van der Waals surface area contributed by atoms with E-state index in [-0.39, 0.29) is 37.9 Å². The molecule has 42 heavy (non-hydrogen) atoms. The van der Waals surface area contributed by atoms with E-state index in [9.17, 15) is 19.5 Å². The van der Waals surface area contributed by atoms with Crippen LogP contribution in [0, 0.1) is 0 Å². The van der Waals surface area contributed by atoms with Crippen LogP contribution in [0.4, 0.5) is 4.79 Å². The van der Waals surface area contributed by atoms with Crippen LogP contribution in [0.15, 0.2) is 78.9 Å². The number of carbonyl (C=O) groups excluding carboxylic acids is 2. The minimum atomic E-state index is -1.24. The molecular weight excluding hydrogens is 534 g/mol. The number of alkyl carbamates (subject to hydrolysis) is 1. The molecule has 3 aromatic rings. The van der Waals surface area contributed by atoms with Crippen molar-refractivity contribution in [3.05, 3.63) is 95.6 Å². The maximum absolute atomic E-state index is 13.7. The van der Waals surface area contributed by atoms with Gasteiger partial charge in [0.2, 0.25) is 5.91 Å². The zero-order chi connectivity index (χ0) is 29.5. The van der Waals surface area contributed by atoms with E-state index in [1.165, 1.54) is 0 Å². The molecule has 2 unspecified atom stereocenters. The highest BCUT2D eigenvalue weighted by atomic mass is 16.5. The van der Waals surface area contributed by atoms with E-state index in [4.69, 9.17) is 9.47 Å². The molecule has 9 heteroatoms. The number of rotatable bonds is 12. The van der Waals surface area contributed by atoms with Gasteiger partial charge in [0.15, 0.2) is 0 Å². The molecule has 1 fully saturated rings. The zero-order valence-electron chi connectivity index (χ0n) is 23.8. The molecule has 0 saturated carbocycles. The minimum Gasteiger partial charge on any atom is -0.481 e. The summed E-state index contributed by atoms with van der Waals surface area (Å²) in [4.78, 5) is 40.4. The summed E-state index contributed by atoms with van der Waals surface area (Å²) >= 11 is 0. The molecule has 3 N–H and O–H groups in total. The third-order valence-electron chi connectivity index (χ3n) is 8.01. The van der Waals surface area contributed by atoms with Gasteiger partial charge in [0.25, 0.3) is 0 Å². The predicted octanol–water partition coefficient (Wildman–Crippen LogP) is 4.17. The van der Waals surface area contributed by atoms with Gasteiger partial charge in [-0.05, 0) is 41.2 Å². The molecule has 0 bridgehead atoms. The number of nitrogens with zero attached hydrogens (tertiary/aromatic N) is 1. The van der Waals surface area contributed by atoms with Gasteiger partial charge in [-0.3, -0.25) is 14.5 Å². The fourth-order valence-electron chi connectivity index (χ4n) is 6.04. The lowest BCUT2D eigenvalue weighted by atomic mass is 9.97. The number of fused-ring (bicyclic) bond motifs is 3. The van der Waals surface area contributed by atoms with Crippen LogP contribution in [-0.2, 0) is 25.6 Å². The van der Waals surface area contributed by atoms with E-state index in [0.29, 0.717) is 26.1 Å². The molecule has 0 spiro atoms. The van der Waals surface area contributed by atoms with Crippen LogP contribution in [0.5, 0.6) is 0 Å². The monoisotopic (exact) mass is 571 g/mol. The second-order valence-corrected chi connectivity index (χ2v) is 10.9. The van der Waals surface area contributed by atoms with E-state index in [1.54, 1.807) is 6.92 Å². The molecule has 1 aliphatic carbocycles. The van der Waals surface area contributed by atoms with Crippen molar-refractivity contribution in [1.29, 1.82) is 0 Å². The smallest absolute Gasteiger partial charge is 0.408 e. The number of benzene rings is 3. The van der Waals surface area contributed by atoms with Crippen LogP contribution < -0.4 is 10.6 Å². The number of ether oxygens (including phenoxy) is 2. The van der Waals surface area contributed by atoms with Crippen LogP contribution in [0.1, 0.15) is 42.4 Å². The van der Waals surface area contributed by atoms with Crippen LogP contribution >= 0.6 is 0 Å². The summed E-state index contributed by atoms with van der Waals surface area (Å²) in [6, 6.07) is 26.2. The summed E-state index contributed by atoms with van der Waals surface area (Å²) < 4.78 is 11.3. The van der Waals surface area contributed by atoms with Crippen molar-refractivity contribution in [1.82, 2.24) is 15.5 Å². The number of hydrogen-bond acceptors (Lipinski definition) is 6. The van der Waals surface area contributed by atoms with E-state index in [0.717, 1.165) is 27.8 Å². The van der Waals surface area contributed by atoms with E-state index in [1.807, 2.05) is 54.6 Å².